The quantitative estimate of drug-likeness (QED) is 0.0859. The summed E-state index contributed by atoms with van der Waals surface area (Å²) in [7, 11) is 0. The molecule has 0 saturated heterocycles. The smallest absolute Gasteiger partial charge is 0.164 e. The normalized spacial score (nSPS) is 16.5. The molecule has 53 heavy (non-hydrogen) atoms. The van der Waals surface area contributed by atoms with Crippen LogP contribution in [0.5, 0.6) is 0 Å². The van der Waals surface area contributed by atoms with Gasteiger partial charge in [-0.05, 0) is 61.0 Å². The summed E-state index contributed by atoms with van der Waals surface area (Å²) in [5.74, 6) is 1.54. The Labute approximate surface area is 340 Å². The molecule has 1 N–H and O–H groups in total. The molecule has 1 aliphatic heterocycles. The van der Waals surface area contributed by atoms with Gasteiger partial charge in [-0.25, -0.2) is 4.98 Å². The van der Waals surface area contributed by atoms with Crippen LogP contribution in [-0.2, 0) is 30.3 Å². The summed E-state index contributed by atoms with van der Waals surface area (Å²) in [5.41, 5.74) is 4.30. The van der Waals surface area contributed by atoms with Crippen molar-refractivity contribution in [3.8, 4) is 11.3 Å². The van der Waals surface area contributed by atoms with E-state index in [2.05, 4.69) is 102 Å². The van der Waals surface area contributed by atoms with Crippen LogP contribution in [0.1, 0.15) is 132 Å². The minimum absolute atomic E-state index is 0. The van der Waals surface area contributed by atoms with Crippen molar-refractivity contribution in [1.82, 2.24) is 9.97 Å². The molecule has 0 spiro atoms. The summed E-state index contributed by atoms with van der Waals surface area (Å²) in [6.07, 6.45) is 7.72. The van der Waals surface area contributed by atoms with Crippen molar-refractivity contribution in [3.05, 3.63) is 77.8 Å². The number of rotatable bonds is 10. The Hall–Kier alpha value is -2.57. The largest absolute Gasteiger partial charge is 0.512 e. The SMILES string of the molecule is CC(C)CC1Sc2c(ccc3sc4ncnc(-c5[c-]c6ccccc6c(C(C)(C)C)c5)c4c23)C1C.CCC(C)(CC)C(=O)/C=C(\O)C(C)(CC)CC.[Ir]. The molecule has 6 rings (SSSR count). The number of allylic oxidation sites excluding steroid dienone is 2. The molecule has 0 fully saturated rings. The van der Waals surface area contributed by atoms with Crippen molar-refractivity contribution in [1.29, 1.82) is 0 Å². The average molecular weight is 928 g/mol. The molecule has 0 amide bonds. The summed E-state index contributed by atoms with van der Waals surface area (Å²) < 4.78 is 1.31. The Balaban J connectivity index is 0.000000299. The molecule has 287 valence electrons. The fourth-order valence-corrected chi connectivity index (χ4v) is 10.2. The van der Waals surface area contributed by atoms with E-state index in [9.17, 15) is 9.90 Å². The third kappa shape index (κ3) is 8.64. The first-order valence-electron chi connectivity index (χ1n) is 19.3. The molecule has 2 atom stereocenters. The average Bonchev–Trinajstić information content (AvgIpc) is 3.66. The number of fused-ring (bicyclic) bond motifs is 6. The first-order valence-corrected chi connectivity index (χ1v) is 21.0. The number of carbonyl (C=O) groups is 1. The Morgan fingerprint density at radius 3 is 2.17 bits per heavy atom. The number of carbonyl (C=O) groups excluding carboxylic acids is 1. The zero-order valence-electron chi connectivity index (χ0n) is 33.9. The van der Waals surface area contributed by atoms with E-state index in [4.69, 9.17) is 9.97 Å². The van der Waals surface area contributed by atoms with E-state index in [1.54, 1.807) is 17.7 Å². The molecule has 0 saturated carbocycles. The number of ketones is 1. The van der Waals surface area contributed by atoms with Gasteiger partial charge in [-0.3, -0.25) is 9.78 Å². The number of aliphatic hydroxyl groups excluding tert-OH is 1. The Kier molecular flexibility index (Phi) is 13.9. The van der Waals surface area contributed by atoms with E-state index >= 15 is 0 Å². The number of hydrogen-bond acceptors (Lipinski definition) is 6. The van der Waals surface area contributed by atoms with Gasteiger partial charge >= 0.3 is 0 Å². The zero-order valence-corrected chi connectivity index (χ0v) is 37.9. The number of aromatic nitrogens is 2. The van der Waals surface area contributed by atoms with E-state index < -0.39 is 0 Å². The molecule has 1 aliphatic rings. The molecule has 1 radical (unpaired) electrons. The van der Waals surface area contributed by atoms with Gasteiger partial charge in [-0.2, -0.15) is 0 Å². The number of thiophene rings is 1. The molecule has 4 nitrogen and oxygen atoms in total. The second kappa shape index (κ2) is 17.1. The fraction of sp³-hybridized carbons (Fsp3) is 0.500. The molecule has 7 heteroatoms. The second-order valence-corrected chi connectivity index (χ2v) is 19.0. The third-order valence-corrected chi connectivity index (χ3v) is 14.5. The molecule has 5 aromatic rings. The number of nitrogens with zero attached hydrogens (tertiary/aromatic N) is 2. The first-order chi connectivity index (χ1) is 24.5. The molecule has 3 heterocycles. The van der Waals surface area contributed by atoms with E-state index in [-0.39, 0.29) is 47.9 Å². The first kappa shape index (κ1) is 43.2. The zero-order chi connectivity index (χ0) is 38.2. The minimum Gasteiger partial charge on any atom is -0.512 e. The number of benzene rings is 3. The van der Waals surface area contributed by atoms with Crippen molar-refractivity contribution in [3.63, 3.8) is 0 Å². The van der Waals surface area contributed by atoms with E-state index in [1.165, 1.54) is 49.4 Å². The summed E-state index contributed by atoms with van der Waals surface area (Å²) in [6.45, 7) is 26.0. The number of hydrogen-bond donors (Lipinski definition) is 1. The molecule has 2 aromatic heterocycles. The van der Waals surface area contributed by atoms with Crippen LogP contribution in [0, 0.1) is 22.8 Å². The third-order valence-electron chi connectivity index (χ3n) is 11.9. The fourth-order valence-electron chi connectivity index (χ4n) is 7.20. The summed E-state index contributed by atoms with van der Waals surface area (Å²) in [4.78, 5) is 24.3. The van der Waals surface area contributed by atoms with E-state index in [0.29, 0.717) is 17.1 Å². The Morgan fingerprint density at radius 1 is 0.925 bits per heavy atom. The monoisotopic (exact) mass is 928 g/mol. The standard InChI is InChI=1S/C31H31N2S2.C15H28O2.Ir/c1-17(2)13-25-18(3)21-11-12-24-26(29(21)34-25)27-28(32-16-33-30(27)35-24)20-14-19-9-7-8-10-22(19)23(15-20)31(4,5)6;1-7-14(5,8-2)12(16)11-13(17)15(6,9-3)10-4;/h7-12,15-18,25H,13H2,1-6H3;11,16H,7-10H2,1-6H3;/q-1;;/b;12-11-;. The van der Waals surface area contributed by atoms with Crippen LogP contribution in [0.15, 0.2) is 65.5 Å². The summed E-state index contributed by atoms with van der Waals surface area (Å²) in [5, 5.41) is 15.7. The van der Waals surface area contributed by atoms with Crippen molar-refractivity contribution in [2.24, 2.45) is 16.7 Å². The van der Waals surface area contributed by atoms with E-state index in [0.717, 1.165) is 47.2 Å². The van der Waals surface area contributed by atoms with E-state index in [1.807, 2.05) is 41.5 Å². The summed E-state index contributed by atoms with van der Waals surface area (Å²) >= 11 is 3.86. The van der Waals surface area contributed by atoms with Crippen LogP contribution in [0.25, 0.3) is 42.3 Å². The van der Waals surface area contributed by atoms with Crippen molar-refractivity contribution in [2.45, 2.75) is 137 Å². The van der Waals surface area contributed by atoms with Gasteiger partial charge in [0.2, 0.25) is 0 Å². The number of thioether (sulfide) groups is 1. The van der Waals surface area contributed by atoms with Gasteiger partial charge < -0.3 is 5.11 Å². The van der Waals surface area contributed by atoms with Gasteiger partial charge in [0.05, 0.1) is 0 Å². The topological polar surface area (TPSA) is 63.1 Å². The van der Waals surface area contributed by atoms with Crippen LogP contribution < -0.4 is 0 Å². The van der Waals surface area contributed by atoms with Crippen LogP contribution in [0.2, 0.25) is 0 Å². The molecule has 0 bridgehead atoms. The van der Waals surface area contributed by atoms with Gasteiger partial charge in [0.15, 0.2) is 5.78 Å². The van der Waals surface area contributed by atoms with Crippen molar-refractivity contribution >= 4 is 60.0 Å². The predicted octanol–water partition coefficient (Wildman–Crippen LogP) is 14.0. The Morgan fingerprint density at radius 2 is 1.57 bits per heavy atom. The van der Waals surface area contributed by atoms with Crippen LogP contribution in [0.3, 0.4) is 0 Å². The maximum Gasteiger partial charge on any atom is 0.164 e. The Bertz CT molecular complexity index is 2100. The van der Waals surface area contributed by atoms with Crippen molar-refractivity contribution in [2.75, 3.05) is 0 Å². The molecular weight excluding hydrogens is 869 g/mol. The predicted molar refractivity (Wildman–Crippen MR) is 226 cm³/mol. The van der Waals surface area contributed by atoms with Crippen LogP contribution in [0.4, 0.5) is 0 Å². The minimum atomic E-state index is -0.337. The van der Waals surface area contributed by atoms with Gasteiger partial charge in [0.25, 0.3) is 0 Å². The van der Waals surface area contributed by atoms with Gasteiger partial charge in [0, 0.05) is 68.3 Å². The molecular formula is C46H59IrN2O2S2-. The van der Waals surface area contributed by atoms with Gasteiger partial charge in [-0.15, -0.1) is 52.2 Å². The van der Waals surface area contributed by atoms with Gasteiger partial charge in [-0.1, -0.05) is 118 Å². The maximum absolute atomic E-state index is 12.2. The van der Waals surface area contributed by atoms with Gasteiger partial charge in [0.1, 0.15) is 16.9 Å². The molecule has 3 aromatic carbocycles. The second-order valence-electron chi connectivity index (χ2n) is 16.8. The summed E-state index contributed by atoms with van der Waals surface area (Å²) in [6, 6.07) is 19.3. The number of aliphatic hydroxyl groups is 1. The van der Waals surface area contributed by atoms with Crippen LogP contribution in [-0.4, -0.2) is 26.1 Å². The van der Waals surface area contributed by atoms with Crippen LogP contribution >= 0.6 is 23.1 Å². The van der Waals surface area contributed by atoms with Crippen molar-refractivity contribution < 1.29 is 30.0 Å². The molecule has 2 unspecified atom stereocenters. The maximum atomic E-state index is 12.2. The molecule has 0 aliphatic carbocycles.